The lowest BCUT2D eigenvalue weighted by Crippen LogP contribution is -2.31. The Morgan fingerprint density at radius 3 is 2.18 bits per heavy atom. The van der Waals surface area contributed by atoms with Gasteiger partial charge in [0.25, 0.3) is 5.91 Å². The van der Waals surface area contributed by atoms with Crippen LogP contribution < -0.4 is 4.74 Å². The molecule has 0 saturated heterocycles. The average molecular weight is 415 g/mol. The Bertz CT molecular complexity index is 954. The van der Waals surface area contributed by atoms with Gasteiger partial charge >= 0.3 is 6.18 Å². The summed E-state index contributed by atoms with van der Waals surface area (Å²) in [5.41, 5.74) is -0.343. The summed E-state index contributed by atoms with van der Waals surface area (Å²) < 4.78 is 68.1. The van der Waals surface area contributed by atoms with E-state index in [4.69, 9.17) is 4.74 Å². The molecule has 0 spiro atoms. The first-order chi connectivity index (χ1) is 12.9. The minimum absolute atomic E-state index is 0.0629. The number of nitrogens with zero attached hydrogens (tertiary/aromatic N) is 1. The van der Waals surface area contributed by atoms with E-state index in [0.29, 0.717) is 12.1 Å². The Labute approximate surface area is 161 Å². The van der Waals surface area contributed by atoms with Gasteiger partial charge in [-0.15, -0.1) is 0 Å². The normalized spacial score (nSPS) is 11.9. The van der Waals surface area contributed by atoms with Crippen LogP contribution in [0.25, 0.3) is 11.1 Å². The number of sulfone groups is 1. The van der Waals surface area contributed by atoms with Gasteiger partial charge in [-0.25, -0.2) is 8.42 Å². The van der Waals surface area contributed by atoms with Crippen molar-refractivity contribution < 1.29 is 31.1 Å². The van der Waals surface area contributed by atoms with Crippen LogP contribution >= 0.6 is 0 Å². The number of halogens is 3. The number of rotatable bonds is 6. The maximum absolute atomic E-state index is 13.3. The van der Waals surface area contributed by atoms with Crippen LogP contribution in [0.15, 0.2) is 47.4 Å². The summed E-state index contributed by atoms with van der Waals surface area (Å²) >= 11 is 0. The van der Waals surface area contributed by atoms with Crippen LogP contribution in [0.1, 0.15) is 12.5 Å². The highest BCUT2D eigenvalue weighted by Crippen LogP contribution is 2.36. The van der Waals surface area contributed by atoms with Crippen LogP contribution in [0.5, 0.6) is 5.75 Å². The summed E-state index contributed by atoms with van der Waals surface area (Å²) in [5.74, 6) is -0.464. The van der Waals surface area contributed by atoms with Gasteiger partial charge in [0.05, 0.1) is 10.5 Å². The van der Waals surface area contributed by atoms with Crippen molar-refractivity contribution in [1.82, 2.24) is 4.90 Å². The summed E-state index contributed by atoms with van der Waals surface area (Å²) in [5, 5.41) is 0. The van der Waals surface area contributed by atoms with Crippen molar-refractivity contribution in [1.29, 1.82) is 0 Å². The third-order valence-electron chi connectivity index (χ3n) is 4.11. The fraction of sp³-hybridized carbons (Fsp3) is 0.316. The molecule has 0 unspecified atom stereocenters. The zero-order valence-corrected chi connectivity index (χ0v) is 16.4. The number of ether oxygens (including phenoxy) is 1. The molecule has 5 nitrogen and oxygen atoms in total. The van der Waals surface area contributed by atoms with Crippen molar-refractivity contribution in [2.45, 2.75) is 18.0 Å². The first-order valence-corrected chi connectivity index (χ1v) is 10.2. The molecule has 1 amide bonds. The van der Waals surface area contributed by atoms with Crippen LogP contribution in [-0.4, -0.2) is 45.7 Å². The van der Waals surface area contributed by atoms with Crippen LogP contribution in [-0.2, 0) is 20.8 Å². The second-order valence-corrected chi connectivity index (χ2v) is 8.25. The number of likely N-dealkylation sites (N-methyl/N-ethyl adjacent to an activating group) is 1. The van der Waals surface area contributed by atoms with Crippen molar-refractivity contribution in [3.63, 3.8) is 0 Å². The van der Waals surface area contributed by atoms with E-state index in [9.17, 15) is 26.4 Å². The number of carbonyl (C=O) groups is 1. The van der Waals surface area contributed by atoms with Crippen molar-refractivity contribution in [3.8, 4) is 16.9 Å². The molecule has 0 fully saturated rings. The first kappa shape index (κ1) is 21.7. The van der Waals surface area contributed by atoms with E-state index in [1.165, 1.54) is 35.2 Å². The van der Waals surface area contributed by atoms with E-state index >= 15 is 0 Å². The van der Waals surface area contributed by atoms with Gasteiger partial charge in [0, 0.05) is 19.8 Å². The fourth-order valence-electron chi connectivity index (χ4n) is 2.34. The molecule has 0 bridgehead atoms. The Hall–Kier alpha value is -2.55. The van der Waals surface area contributed by atoms with Gasteiger partial charge in [-0.3, -0.25) is 4.79 Å². The highest BCUT2D eigenvalue weighted by atomic mass is 32.2. The van der Waals surface area contributed by atoms with E-state index in [1.807, 2.05) is 0 Å². The number of hydrogen-bond donors (Lipinski definition) is 0. The summed E-state index contributed by atoms with van der Waals surface area (Å²) in [6.07, 6.45) is -3.56. The van der Waals surface area contributed by atoms with Crippen molar-refractivity contribution in [3.05, 3.63) is 48.0 Å². The summed E-state index contributed by atoms with van der Waals surface area (Å²) in [7, 11) is -1.85. The van der Waals surface area contributed by atoms with Crippen molar-refractivity contribution in [2.75, 3.05) is 26.5 Å². The van der Waals surface area contributed by atoms with E-state index in [-0.39, 0.29) is 22.1 Å². The second kappa shape index (κ2) is 8.22. The highest BCUT2D eigenvalue weighted by molar-refractivity contribution is 7.90. The van der Waals surface area contributed by atoms with Gasteiger partial charge in [-0.05, 0) is 48.4 Å². The second-order valence-electron chi connectivity index (χ2n) is 6.24. The quantitative estimate of drug-likeness (QED) is 0.723. The number of amides is 1. The molecule has 2 rings (SSSR count). The molecule has 9 heteroatoms. The van der Waals surface area contributed by atoms with E-state index < -0.39 is 28.2 Å². The van der Waals surface area contributed by atoms with Gasteiger partial charge in [-0.1, -0.05) is 12.1 Å². The molecule has 0 aliphatic carbocycles. The molecule has 2 aromatic rings. The maximum Gasteiger partial charge on any atom is 0.416 e. The van der Waals surface area contributed by atoms with E-state index in [0.717, 1.165) is 18.4 Å². The third kappa shape index (κ3) is 5.48. The zero-order chi connectivity index (χ0) is 21.1. The fourth-order valence-corrected chi connectivity index (χ4v) is 2.97. The summed E-state index contributed by atoms with van der Waals surface area (Å²) in [6, 6.07) is 8.65. The van der Waals surface area contributed by atoms with Crippen LogP contribution in [0, 0.1) is 0 Å². The lowest BCUT2D eigenvalue weighted by atomic mass is 10.0. The molecule has 0 aliphatic heterocycles. The largest absolute Gasteiger partial charge is 0.484 e. The lowest BCUT2D eigenvalue weighted by Gasteiger charge is -2.16. The van der Waals surface area contributed by atoms with Gasteiger partial charge in [0.1, 0.15) is 5.75 Å². The third-order valence-corrected chi connectivity index (χ3v) is 5.24. The Kier molecular flexibility index (Phi) is 6.38. The summed E-state index contributed by atoms with van der Waals surface area (Å²) in [6.45, 7) is 1.82. The monoisotopic (exact) mass is 415 g/mol. The first-order valence-electron chi connectivity index (χ1n) is 8.31. The lowest BCUT2D eigenvalue weighted by molar-refractivity contribution is -0.137. The molecule has 0 radical (unpaired) electrons. The average Bonchev–Trinajstić information content (AvgIpc) is 2.63. The highest BCUT2D eigenvalue weighted by Gasteiger charge is 2.31. The van der Waals surface area contributed by atoms with Crippen molar-refractivity contribution in [2.24, 2.45) is 0 Å². The van der Waals surface area contributed by atoms with Crippen molar-refractivity contribution >= 4 is 15.7 Å². The smallest absolute Gasteiger partial charge is 0.416 e. The minimum Gasteiger partial charge on any atom is -0.484 e. The molecule has 2 aromatic carbocycles. The topological polar surface area (TPSA) is 63.7 Å². The number of alkyl halides is 3. The van der Waals surface area contributed by atoms with Gasteiger partial charge in [-0.2, -0.15) is 13.2 Å². The summed E-state index contributed by atoms with van der Waals surface area (Å²) in [4.78, 5) is 13.3. The molecule has 152 valence electrons. The van der Waals surface area contributed by atoms with E-state index in [2.05, 4.69) is 0 Å². The Morgan fingerprint density at radius 1 is 1.07 bits per heavy atom. The molecular weight excluding hydrogens is 395 g/mol. The molecule has 0 aromatic heterocycles. The maximum atomic E-state index is 13.3. The predicted molar refractivity (Wildman–Crippen MR) is 98.8 cm³/mol. The number of benzene rings is 2. The van der Waals surface area contributed by atoms with Gasteiger partial charge in [0.2, 0.25) is 0 Å². The van der Waals surface area contributed by atoms with Crippen LogP contribution in [0.4, 0.5) is 13.2 Å². The standard InChI is InChI=1S/C19H20F3NO4S/c1-4-23(2)18(24)12-27-16-10-14(9-15(11-16)19(20,21)22)13-5-7-17(8-6-13)28(3,25)26/h5-11H,4,12H2,1-3H3. The molecule has 0 atom stereocenters. The molecule has 0 heterocycles. The van der Waals surface area contributed by atoms with Crippen LogP contribution in [0.3, 0.4) is 0 Å². The number of hydrogen-bond acceptors (Lipinski definition) is 4. The Morgan fingerprint density at radius 2 is 1.68 bits per heavy atom. The number of carbonyl (C=O) groups excluding carboxylic acids is 1. The SMILES string of the molecule is CCN(C)C(=O)COc1cc(-c2ccc(S(C)(=O)=O)cc2)cc(C(F)(F)F)c1. The molecule has 0 N–H and O–H groups in total. The van der Waals surface area contributed by atoms with Crippen LogP contribution in [0.2, 0.25) is 0 Å². The zero-order valence-electron chi connectivity index (χ0n) is 15.6. The molecular formula is C19H20F3NO4S. The van der Waals surface area contributed by atoms with Gasteiger partial charge < -0.3 is 9.64 Å². The predicted octanol–water partition coefficient (Wildman–Crippen LogP) is 3.63. The molecule has 0 aliphatic rings. The molecule has 0 saturated carbocycles. The minimum atomic E-state index is -4.61. The Balaban J connectivity index is 2.40. The molecule has 28 heavy (non-hydrogen) atoms. The van der Waals surface area contributed by atoms with Gasteiger partial charge in [0.15, 0.2) is 16.4 Å². The van der Waals surface area contributed by atoms with E-state index in [1.54, 1.807) is 14.0 Å².